The normalized spacial score (nSPS) is 15.6. The average molecular weight is 325 g/mol. The molecule has 1 fully saturated rings. The van der Waals surface area contributed by atoms with Crippen LogP contribution in [0.25, 0.3) is 6.08 Å². The molecule has 1 saturated carbocycles. The van der Waals surface area contributed by atoms with E-state index in [0.29, 0.717) is 10.5 Å². The second-order valence-electron chi connectivity index (χ2n) is 4.78. The van der Waals surface area contributed by atoms with E-state index in [1.807, 2.05) is 12.1 Å². The largest absolute Gasteiger partial charge is 0.310 e. The number of nitro benzene ring substituents is 1. The minimum atomic E-state index is -0.366. The van der Waals surface area contributed by atoms with Gasteiger partial charge in [-0.3, -0.25) is 10.1 Å². The lowest BCUT2D eigenvalue weighted by Gasteiger charge is -2.06. The van der Waals surface area contributed by atoms with Gasteiger partial charge in [-0.05, 0) is 46.8 Å². The third-order valence-electron chi connectivity index (χ3n) is 3.19. The van der Waals surface area contributed by atoms with Crippen LogP contribution >= 0.6 is 15.9 Å². The van der Waals surface area contributed by atoms with Crippen LogP contribution in [0.2, 0.25) is 0 Å². The van der Waals surface area contributed by atoms with E-state index in [1.54, 1.807) is 12.1 Å². The molecule has 1 N–H and O–H groups in total. The maximum Gasteiger partial charge on any atom is 0.284 e. The Bertz CT molecular complexity index is 510. The number of nitrogens with zero attached hydrogens (tertiary/aromatic N) is 1. The Morgan fingerprint density at radius 2 is 2.32 bits per heavy atom. The van der Waals surface area contributed by atoms with Crippen molar-refractivity contribution in [1.82, 2.24) is 5.32 Å². The van der Waals surface area contributed by atoms with Gasteiger partial charge in [0.05, 0.1) is 9.40 Å². The Morgan fingerprint density at radius 1 is 1.58 bits per heavy atom. The monoisotopic (exact) mass is 324 g/mol. The van der Waals surface area contributed by atoms with Crippen molar-refractivity contribution >= 4 is 27.7 Å². The summed E-state index contributed by atoms with van der Waals surface area (Å²) in [5.41, 5.74) is 2.26. The highest BCUT2D eigenvalue weighted by Gasteiger charge is 2.20. The summed E-state index contributed by atoms with van der Waals surface area (Å²) in [5, 5.41) is 14.4. The summed E-state index contributed by atoms with van der Waals surface area (Å²) in [4.78, 5) is 10.5. The molecule has 0 radical (unpaired) electrons. The highest BCUT2D eigenvalue weighted by Crippen LogP contribution is 2.27. The van der Waals surface area contributed by atoms with Crippen molar-refractivity contribution in [3.05, 3.63) is 43.9 Å². The molecule has 0 spiro atoms. The summed E-state index contributed by atoms with van der Waals surface area (Å²) < 4.78 is 0.517. The van der Waals surface area contributed by atoms with Crippen molar-refractivity contribution in [3.8, 4) is 0 Å². The highest BCUT2D eigenvalue weighted by atomic mass is 79.9. The molecule has 0 unspecified atom stereocenters. The van der Waals surface area contributed by atoms with Crippen molar-refractivity contribution in [2.45, 2.75) is 32.2 Å². The number of halogens is 1. The first-order chi connectivity index (χ1) is 9.10. The lowest BCUT2D eigenvalue weighted by Crippen LogP contribution is -2.18. The molecule has 0 aromatic heterocycles. The molecule has 4 nitrogen and oxygen atoms in total. The zero-order valence-electron chi connectivity index (χ0n) is 10.9. The van der Waals surface area contributed by atoms with Crippen LogP contribution in [0.3, 0.4) is 0 Å². The van der Waals surface area contributed by atoms with Gasteiger partial charge in [-0.25, -0.2) is 0 Å². The molecule has 19 heavy (non-hydrogen) atoms. The highest BCUT2D eigenvalue weighted by molar-refractivity contribution is 9.10. The molecule has 5 heteroatoms. The van der Waals surface area contributed by atoms with Gasteiger partial charge in [-0.1, -0.05) is 24.6 Å². The third kappa shape index (κ3) is 4.14. The third-order valence-corrected chi connectivity index (χ3v) is 3.86. The van der Waals surface area contributed by atoms with Crippen molar-refractivity contribution < 1.29 is 4.92 Å². The van der Waals surface area contributed by atoms with Crippen LogP contribution in [0, 0.1) is 10.1 Å². The van der Waals surface area contributed by atoms with Gasteiger partial charge < -0.3 is 5.32 Å². The molecule has 1 aromatic rings. The first-order valence-corrected chi connectivity index (χ1v) is 7.26. The average Bonchev–Trinajstić information content (AvgIpc) is 3.20. The van der Waals surface area contributed by atoms with Crippen LogP contribution in [0.4, 0.5) is 5.69 Å². The Hall–Kier alpha value is -1.20. The predicted molar refractivity (Wildman–Crippen MR) is 80.1 cm³/mol. The van der Waals surface area contributed by atoms with Crippen LogP contribution in [-0.2, 0) is 0 Å². The van der Waals surface area contributed by atoms with E-state index >= 15 is 0 Å². The van der Waals surface area contributed by atoms with Crippen molar-refractivity contribution in [2.75, 3.05) is 6.54 Å². The van der Waals surface area contributed by atoms with Gasteiger partial charge in [0.1, 0.15) is 0 Å². The Kier molecular flexibility index (Phi) is 4.71. The van der Waals surface area contributed by atoms with Crippen molar-refractivity contribution in [1.29, 1.82) is 0 Å². The molecule has 0 amide bonds. The van der Waals surface area contributed by atoms with E-state index < -0.39 is 0 Å². The van der Waals surface area contributed by atoms with E-state index in [-0.39, 0.29) is 10.6 Å². The summed E-state index contributed by atoms with van der Waals surface area (Å²) in [6, 6.07) is 5.90. The van der Waals surface area contributed by atoms with E-state index in [0.717, 1.165) is 18.5 Å². The maximum absolute atomic E-state index is 10.9. The van der Waals surface area contributed by atoms with Crippen molar-refractivity contribution in [2.24, 2.45) is 0 Å². The second-order valence-corrected chi connectivity index (χ2v) is 5.63. The fourth-order valence-corrected chi connectivity index (χ4v) is 2.23. The van der Waals surface area contributed by atoms with Crippen LogP contribution in [0.1, 0.15) is 31.7 Å². The standard InChI is InChI=1S/C14H17BrN2O2/c1-2-10(9-16-12-4-5-12)7-11-3-6-13(15)14(8-11)17(18)19/h3,6-8,12,16H,2,4-5,9H2,1H3. The topological polar surface area (TPSA) is 55.2 Å². The number of nitro groups is 1. The molecule has 1 aliphatic rings. The minimum absolute atomic E-state index is 0.111. The SMILES string of the molecule is CCC(=Cc1ccc(Br)c([N+](=O)[O-])c1)CNC1CC1. The lowest BCUT2D eigenvalue weighted by atomic mass is 10.1. The molecule has 0 heterocycles. The van der Waals surface area contributed by atoms with Crippen molar-refractivity contribution in [3.63, 3.8) is 0 Å². The Balaban J connectivity index is 2.14. The van der Waals surface area contributed by atoms with Gasteiger partial charge in [0.2, 0.25) is 0 Å². The number of hydrogen-bond acceptors (Lipinski definition) is 3. The maximum atomic E-state index is 10.9. The predicted octanol–water partition coefficient (Wildman–Crippen LogP) is 3.90. The molecule has 0 saturated heterocycles. The number of benzene rings is 1. The Labute approximate surface area is 121 Å². The smallest absolute Gasteiger partial charge is 0.284 e. The Morgan fingerprint density at radius 3 is 2.89 bits per heavy atom. The number of hydrogen-bond donors (Lipinski definition) is 1. The molecular formula is C14H17BrN2O2. The van der Waals surface area contributed by atoms with Gasteiger partial charge in [0, 0.05) is 18.7 Å². The van der Waals surface area contributed by atoms with Gasteiger partial charge in [0.15, 0.2) is 0 Å². The van der Waals surface area contributed by atoms with Gasteiger partial charge >= 0.3 is 0 Å². The molecule has 0 bridgehead atoms. The quantitative estimate of drug-likeness (QED) is 0.637. The summed E-state index contributed by atoms with van der Waals surface area (Å²) in [6.07, 6.45) is 5.51. The summed E-state index contributed by atoms with van der Waals surface area (Å²) in [7, 11) is 0. The van der Waals surface area contributed by atoms with E-state index in [9.17, 15) is 10.1 Å². The summed E-state index contributed by atoms with van der Waals surface area (Å²) in [5.74, 6) is 0. The fraction of sp³-hybridized carbons (Fsp3) is 0.429. The summed E-state index contributed by atoms with van der Waals surface area (Å²) in [6.45, 7) is 2.97. The number of nitrogens with one attached hydrogen (secondary N) is 1. The van der Waals surface area contributed by atoms with Crippen LogP contribution < -0.4 is 5.32 Å². The molecule has 0 atom stereocenters. The van der Waals surface area contributed by atoms with Gasteiger partial charge in [-0.2, -0.15) is 0 Å². The summed E-state index contributed by atoms with van der Waals surface area (Å²) >= 11 is 3.20. The molecule has 1 aromatic carbocycles. The molecule has 102 valence electrons. The second kappa shape index (κ2) is 6.30. The minimum Gasteiger partial charge on any atom is -0.310 e. The first-order valence-electron chi connectivity index (χ1n) is 6.47. The first kappa shape index (κ1) is 14.2. The zero-order valence-corrected chi connectivity index (χ0v) is 12.4. The molecular weight excluding hydrogens is 308 g/mol. The van der Waals surface area contributed by atoms with E-state index in [4.69, 9.17) is 0 Å². The zero-order chi connectivity index (χ0) is 13.8. The lowest BCUT2D eigenvalue weighted by molar-refractivity contribution is -0.385. The van der Waals surface area contributed by atoms with E-state index in [1.165, 1.54) is 18.4 Å². The van der Waals surface area contributed by atoms with Gasteiger partial charge in [0.25, 0.3) is 5.69 Å². The molecule has 2 rings (SSSR count). The van der Waals surface area contributed by atoms with Gasteiger partial charge in [-0.15, -0.1) is 0 Å². The fourth-order valence-electron chi connectivity index (χ4n) is 1.84. The number of rotatable bonds is 6. The van der Waals surface area contributed by atoms with Crippen LogP contribution in [-0.4, -0.2) is 17.5 Å². The van der Waals surface area contributed by atoms with Crippen LogP contribution in [0.5, 0.6) is 0 Å². The molecule has 0 aliphatic heterocycles. The molecule has 1 aliphatic carbocycles. The van der Waals surface area contributed by atoms with Crippen LogP contribution in [0.15, 0.2) is 28.2 Å². The van der Waals surface area contributed by atoms with E-state index in [2.05, 4.69) is 28.2 Å².